The summed E-state index contributed by atoms with van der Waals surface area (Å²) in [5.41, 5.74) is 1.69. The topological polar surface area (TPSA) is 20.2 Å². The first-order valence-corrected chi connectivity index (χ1v) is 5.13. The monoisotopic (exact) mass is 182 g/mol. The number of allylic oxidation sites excluding steroid dienone is 1. The minimum atomic E-state index is -0.268. The predicted octanol–water partition coefficient (Wildman–Crippen LogP) is 3.14. The summed E-state index contributed by atoms with van der Waals surface area (Å²) in [6.45, 7) is 10.9. The highest BCUT2D eigenvalue weighted by Crippen LogP contribution is 2.40. The number of hydrogen-bond acceptors (Lipinski definition) is 1. The molecule has 0 heterocycles. The van der Waals surface area contributed by atoms with Gasteiger partial charge in [0.05, 0.1) is 6.10 Å². The minimum Gasteiger partial charge on any atom is -0.388 e. The van der Waals surface area contributed by atoms with Crippen LogP contribution in [0.3, 0.4) is 0 Å². The molecule has 0 amide bonds. The van der Waals surface area contributed by atoms with Gasteiger partial charge in [0.25, 0.3) is 0 Å². The third kappa shape index (κ3) is 2.34. The van der Waals surface area contributed by atoms with Crippen molar-refractivity contribution in [2.75, 3.05) is 0 Å². The van der Waals surface area contributed by atoms with Gasteiger partial charge in [-0.15, -0.1) is 0 Å². The molecule has 0 saturated heterocycles. The summed E-state index contributed by atoms with van der Waals surface area (Å²) < 4.78 is 0. The Morgan fingerprint density at radius 2 is 1.92 bits per heavy atom. The Kier molecular flexibility index (Phi) is 2.59. The molecule has 0 aromatic heterocycles. The van der Waals surface area contributed by atoms with Crippen LogP contribution < -0.4 is 0 Å². The van der Waals surface area contributed by atoms with E-state index in [2.05, 4.69) is 40.7 Å². The molecule has 1 N–H and O–H groups in total. The van der Waals surface area contributed by atoms with Gasteiger partial charge in [-0.2, -0.15) is 0 Å². The van der Waals surface area contributed by atoms with E-state index < -0.39 is 0 Å². The number of aliphatic hydroxyl groups excluding tert-OH is 1. The normalized spacial score (nSPS) is 28.5. The first-order valence-electron chi connectivity index (χ1n) is 5.13. The lowest BCUT2D eigenvalue weighted by atomic mass is 9.70. The molecule has 1 unspecified atom stereocenters. The van der Waals surface area contributed by atoms with Crippen molar-refractivity contribution in [2.45, 2.75) is 53.6 Å². The van der Waals surface area contributed by atoms with Crippen molar-refractivity contribution in [3.63, 3.8) is 0 Å². The predicted molar refractivity (Wildman–Crippen MR) is 56.6 cm³/mol. The van der Waals surface area contributed by atoms with Crippen LogP contribution in [0.1, 0.15) is 47.5 Å². The third-order valence-corrected chi connectivity index (χ3v) is 3.16. The van der Waals surface area contributed by atoms with Crippen molar-refractivity contribution in [1.29, 1.82) is 0 Å². The zero-order valence-electron chi connectivity index (χ0n) is 9.52. The van der Waals surface area contributed by atoms with Crippen molar-refractivity contribution in [3.05, 3.63) is 11.6 Å². The molecule has 0 aromatic carbocycles. The van der Waals surface area contributed by atoms with Crippen LogP contribution >= 0.6 is 0 Å². The molecule has 0 fully saturated rings. The van der Waals surface area contributed by atoms with Crippen LogP contribution in [-0.4, -0.2) is 11.2 Å². The number of aliphatic hydroxyl groups is 1. The third-order valence-electron chi connectivity index (χ3n) is 3.16. The van der Waals surface area contributed by atoms with Crippen molar-refractivity contribution in [2.24, 2.45) is 10.8 Å². The van der Waals surface area contributed by atoms with Crippen LogP contribution in [0.25, 0.3) is 0 Å². The lowest BCUT2D eigenvalue weighted by molar-refractivity contribution is 0.0716. The maximum atomic E-state index is 9.89. The average Bonchev–Trinajstić information content (AvgIpc) is 1.92. The lowest BCUT2D eigenvalue weighted by Gasteiger charge is -2.37. The molecule has 0 bridgehead atoms. The highest BCUT2D eigenvalue weighted by atomic mass is 16.3. The minimum absolute atomic E-state index is 0.0642. The molecule has 1 aliphatic carbocycles. The summed E-state index contributed by atoms with van der Waals surface area (Å²) in [5.74, 6) is 0. The Labute approximate surface area is 81.9 Å². The highest BCUT2D eigenvalue weighted by molar-refractivity contribution is 5.18. The van der Waals surface area contributed by atoms with Crippen LogP contribution in [0.2, 0.25) is 0 Å². The molecule has 1 rings (SSSR count). The summed E-state index contributed by atoms with van der Waals surface area (Å²) in [6.07, 6.45) is 4.02. The van der Waals surface area contributed by atoms with Crippen molar-refractivity contribution in [1.82, 2.24) is 0 Å². The number of rotatable bonds is 0. The van der Waals surface area contributed by atoms with Crippen LogP contribution in [0.4, 0.5) is 0 Å². The Bertz CT molecular complexity index is 218. The van der Waals surface area contributed by atoms with E-state index in [0.717, 1.165) is 12.8 Å². The van der Waals surface area contributed by atoms with Crippen LogP contribution in [0, 0.1) is 10.8 Å². The van der Waals surface area contributed by atoms with Gasteiger partial charge in [0, 0.05) is 0 Å². The Balaban J connectivity index is 2.85. The zero-order valence-corrected chi connectivity index (χ0v) is 9.52. The molecule has 0 radical (unpaired) electrons. The summed E-state index contributed by atoms with van der Waals surface area (Å²) in [5, 5.41) is 9.89. The summed E-state index contributed by atoms with van der Waals surface area (Å²) in [4.78, 5) is 0. The van der Waals surface area contributed by atoms with Gasteiger partial charge in [-0.05, 0) is 23.7 Å². The fraction of sp³-hybridized carbons (Fsp3) is 0.833. The van der Waals surface area contributed by atoms with E-state index in [1.54, 1.807) is 0 Å². The fourth-order valence-electron chi connectivity index (χ4n) is 1.73. The summed E-state index contributed by atoms with van der Waals surface area (Å²) >= 11 is 0. The second-order valence-electron chi connectivity index (χ2n) is 5.88. The molecule has 1 heteroatoms. The van der Waals surface area contributed by atoms with Crippen molar-refractivity contribution >= 4 is 0 Å². The summed E-state index contributed by atoms with van der Waals surface area (Å²) in [7, 11) is 0. The Morgan fingerprint density at radius 3 is 2.31 bits per heavy atom. The highest BCUT2D eigenvalue weighted by Gasteiger charge is 2.33. The molecule has 1 aliphatic rings. The van der Waals surface area contributed by atoms with E-state index >= 15 is 0 Å². The van der Waals surface area contributed by atoms with Gasteiger partial charge in [0.1, 0.15) is 0 Å². The van der Waals surface area contributed by atoms with E-state index in [-0.39, 0.29) is 16.9 Å². The van der Waals surface area contributed by atoms with E-state index in [1.807, 2.05) is 0 Å². The first kappa shape index (κ1) is 10.8. The number of hydrogen-bond donors (Lipinski definition) is 1. The Hall–Kier alpha value is -0.300. The largest absolute Gasteiger partial charge is 0.388 e. The van der Waals surface area contributed by atoms with Crippen LogP contribution in [0.5, 0.6) is 0 Å². The van der Waals surface area contributed by atoms with E-state index in [0.29, 0.717) is 0 Å². The van der Waals surface area contributed by atoms with Crippen molar-refractivity contribution < 1.29 is 5.11 Å². The van der Waals surface area contributed by atoms with E-state index in [9.17, 15) is 5.11 Å². The Morgan fingerprint density at radius 1 is 1.38 bits per heavy atom. The lowest BCUT2D eigenvalue weighted by Crippen LogP contribution is -2.33. The average molecular weight is 182 g/mol. The molecule has 0 saturated carbocycles. The quantitative estimate of drug-likeness (QED) is 0.571. The second kappa shape index (κ2) is 3.13. The van der Waals surface area contributed by atoms with Gasteiger partial charge in [-0.25, -0.2) is 0 Å². The molecule has 0 aliphatic heterocycles. The van der Waals surface area contributed by atoms with Gasteiger partial charge < -0.3 is 5.11 Å². The molecule has 76 valence electrons. The summed E-state index contributed by atoms with van der Waals surface area (Å²) in [6, 6.07) is 0. The zero-order chi connectivity index (χ0) is 10.3. The van der Waals surface area contributed by atoms with Crippen LogP contribution in [0.15, 0.2) is 11.6 Å². The van der Waals surface area contributed by atoms with Gasteiger partial charge >= 0.3 is 0 Å². The molecule has 0 aromatic rings. The standard InChI is InChI=1S/C12H22O/c1-11(2,3)9-6-7-12(4,5)10(13)8-9/h8,10,13H,6-7H2,1-5H3. The van der Waals surface area contributed by atoms with Crippen molar-refractivity contribution in [3.8, 4) is 0 Å². The molecular weight excluding hydrogens is 160 g/mol. The fourth-order valence-corrected chi connectivity index (χ4v) is 1.73. The van der Waals surface area contributed by atoms with Gasteiger partial charge in [-0.3, -0.25) is 0 Å². The maximum Gasteiger partial charge on any atom is 0.0774 e. The SMILES string of the molecule is CC(C)(C)C1=CC(O)C(C)(C)CC1. The van der Waals surface area contributed by atoms with Gasteiger partial charge in [0.2, 0.25) is 0 Å². The van der Waals surface area contributed by atoms with E-state index in [1.165, 1.54) is 5.57 Å². The van der Waals surface area contributed by atoms with Gasteiger partial charge in [-0.1, -0.05) is 46.3 Å². The smallest absolute Gasteiger partial charge is 0.0774 e. The van der Waals surface area contributed by atoms with E-state index in [4.69, 9.17) is 0 Å². The molecule has 1 nitrogen and oxygen atoms in total. The molecule has 1 atom stereocenters. The first-order chi connectivity index (χ1) is 5.73. The molecule has 13 heavy (non-hydrogen) atoms. The maximum absolute atomic E-state index is 9.89. The second-order valence-corrected chi connectivity index (χ2v) is 5.88. The van der Waals surface area contributed by atoms with Gasteiger partial charge in [0.15, 0.2) is 0 Å². The van der Waals surface area contributed by atoms with Crippen LogP contribution in [-0.2, 0) is 0 Å². The molecular formula is C12H22O. The molecule has 0 spiro atoms.